The third-order valence-electron chi connectivity index (χ3n) is 1.10. The van der Waals surface area contributed by atoms with Gasteiger partial charge in [-0.2, -0.15) is 0 Å². The normalized spacial score (nSPS) is 18.8. The van der Waals surface area contributed by atoms with E-state index >= 15 is 0 Å². The molecule has 66 valence electrons. The van der Waals surface area contributed by atoms with Crippen LogP contribution in [0.15, 0.2) is 12.0 Å². The molecule has 0 aromatic heterocycles. The van der Waals surface area contributed by atoms with E-state index in [1.807, 2.05) is 6.92 Å². The Morgan fingerprint density at radius 1 is 1.91 bits per heavy atom. The van der Waals surface area contributed by atoms with Crippen LogP contribution in [0.3, 0.4) is 0 Å². The van der Waals surface area contributed by atoms with Crippen molar-refractivity contribution >= 4 is 18.2 Å². The Hall–Kier alpha value is 0.240. The maximum absolute atomic E-state index is 11.0. The van der Waals surface area contributed by atoms with E-state index in [0.29, 0.717) is 0 Å². The minimum absolute atomic E-state index is 0.182. The largest absolute Gasteiger partial charge is 0.390 e. The average Bonchev–Trinajstić information content (AvgIpc) is 1.86. The molecule has 1 N–H and O–H groups in total. The van der Waals surface area contributed by atoms with Crippen molar-refractivity contribution < 1.29 is 14.0 Å². The van der Waals surface area contributed by atoms with Crippen molar-refractivity contribution in [3.63, 3.8) is 0 Å². The van der Waals surface area contributed by atoms with E-state index in [9.17, 15) is 4.57 Å². The highest BCUT2D eigenvalue weighted by Gasteiger charge is 2.20. The van der Waals surface area contributed by atoms with Gasteiger partial charge >= 0.3 is 6.80 Å². The van der Waals surface area contributed by atoms with Gasteiger partial charge in [0.15, 0.2) is 0 Å². The summed E-state index contributed by atoms with van der Waals surface area (Å²) in [6.45, 7) is 3.51. The summed E-state index contributed by atoms with van der Waals surface area (Å²) in [7, 11) is 0. The van der Waals surface area contributed by atoms with Crippen LogP contribution < -0.4 is 0 Å². The van der Waals surface area contributed by atoms with Crippen LogP contribution in [0.25, 0.3) is 0 Å². The molecule has 0 saturated carbocycles. The van der Waals surface area contributed by atoms with Crippen molar-refractivity contribution in [2.75, 3.05) is 0 Å². The van der Waals surface area contributed by atoms with Crippen molar-refractivity contribution in [2.24, 2.45) is 0 Å². The first-order valence-corrected chi connectivity index (χ1v) is 6.38. The quantitative estimate of drug-likeness (QED) is 0.687. The van der Waals surface area contributed by atoms with Gasteiger partial charge < -0.3 is 4.89 Å². The lowest BCUT2D eigenvalue weighted by molar-refractivity contribution is 0.197. The van der Waals surface area contributed by atoms with Gasteiger partial charge in [0.1, 0.15) is 0 Å². The first-order valence-electron chi connectivity index (χ1n) is 3.32. The van der Waals surface area contributed by atoms with Crippen LogP contribution in [-0.4, -0.2) is 11.0 Å². The van der Waals surface area contributed by atoms with Crippen molar-refractivity contribution in [3.8, 4) is 0 Å². The zero-order valence-corrected chi connectivity index (χ0v) is 8.40. The molecule has 0 spiro atoms. The number of hydrogen-bond donors (Lipinski definition) is 1. The Morgan fingerprint density at radius 2 is 2.45 bits per heavy atom. The molecule has 0 radical (unpaired) electrons. The van der Waals surface area contributed by atoms with Crippen molar-refractivity contribution in [2.45, 2.75) is 26.4 Å². The first-order chi connectivity index (χ1) is 5.02. The maximum Gasteiger partial charge on any atom is 0.390 e. The lowest BCUT2D eigenvalue weighted by Gasteiger charge is -2.13. The highest BCUT2D eigenvalue weighted by atomic mass is 32.7. The SMILES string of the molecule is C=CSP(=O)(O)OC(C)CC. The molecule has 0 bridgehead atoms. The second kappa shape index (κ2) is 4.99. The number of rotatable bonds is 5. The second-order valence-corrected chi connectivity index (χ2v) is 5.77. The molecule has 11 heavy (non-hydrogen) atoms. The molecule has 0 heterocycles. The van der Waals surface area contributed by atoms with Gasteiger partial charge in [-0.3, -0.25) is 4.52 Å². The highest BCUT2D eigenvalue weighted by molar-refractivity contribution is 8.56. The van der Waals surface area contributed by atoms with Crippen molar-refractivity contribution in [1.29, 1.82) is 0 Å². The molecule has 0 fully saturated rings. The van der Waals surface area contributed by atoms with Gasteiger partial charge in [0, 0.05) is 0 Å². The summed E-state index contributed by atoms with van der Waals surface area (Å²) >= 11 is 0.730. The smallest absolute Gasteiger partial charge is 0.316 e. The van der Waals surface area contributed by atoms with E-state index in [1.165, 1.54) is 5.41 Å². The predicted octanol–water partition coefficient (Wildman–Crippen LogP) is 2.78. The van der Waals surface area contributed by atoms with Crippen molar-refractivity contribution in [1.82, 2.24) is 0 Å². The molecule has 0 aromatic rings. The van der Waals surface area contributed by atoms with E-state index in [-0.39, 0.29) is 6.10 Å². The van der Waals surface area contributed by atoms with Crippen LogP contribution in [0.5, 0.6) is 0 Å². The zero-order valence-electron chi connectivity index (χ0n) is 6.69. The fraction of sp³-hybridized carbons (Fsp3) is 0.667. The molecule has 3 nitrogen and oxygen atoms in total. The van der Waals surface area contributed by atoms with Crippen LogP contribution in [0.1, 0.15) is 20.3 Å². The summed E-state index contributed by atoms with van der Waals surface area (Å²) in [6.07, 6.45) is 0.542. The Kier molecular flexibility index (Phi) is 5.10. The van der Waals surface area contributed by atoms with E-state index in [0.717, 1.165) is 17.8 Å². The van der Waals surface area contributed by atoms with Gasteiger partial charge in [0.25, 0.3) is 0 Å². The lowest BCUT2D eigenvalue weighted by atomic mass is 10.3. The summed E-state index contributed by atoms with van der Waals surface area (Å²) in [6, 6.07) is 0. The first kappa shape index (κ1) is 11.2. The Labute approximate surface area is 71.1 Å². The number of hydrogen-bond acceptors (Lipinski definition) is 3. The molecule has 0 aliphatic heterocycles. The van der Waals surface area contributed by atoms with E-state index in [2.05, 4.69) is 6.58 Å². The van der Waals surface area contributed by atoms with Crippen LogP contribution in [0.2, 0.25) is 0 Å². The lowest BCUT2D eigenvalue weighted by Crippen LogP contribution is -2.02. The van der Waals surface area contributed by atoms with Crippen LogP contribution >= 0.6 is 18.2 Å². The van der Waals surface area contributed by atoms with Crippen LogP contribution in [0.4, 0.5) is 0 Å². The van der Waals surface area contributed by atoms with Gasteiger partial charge in [0.2, 0.25) is 0 Å². The molecular formula is C6H13O3PS. The summed E-state index contributed by atoms with van der Waals surface area (Å²) in [5, 5.41) is 1.31. The van der Waals surface area contributed by atoms with E-state index in [1.54, 1.807) is 6.92 Å². The minimum atomic E-state index is -3.47. The zero-order chi connectivity index (χ0) is 8.91. The molecule has 0 aromatic carbocycles. The van der Waals surface area contributed by atoms with E-state index < -0.39 is 6.80 Å². The fourth-order valence-corrected chi connectivity index (χ4v) is 2.42. The van der Waals surface area contributed by atoms with E-state index in [4.69, 9.17) is 9.42 Å². The molecule has 2 unspecified atom stereocenters. The van der Waals surface area contributed by atoms with Crippen LogP contribution in [-0.2, 0) is 9.09 Å². The van der Waals surface area contributed by atoms with Gasteiger partial charge in [0.05, 0.1) is 6.10 Å². The fourth-order valence-electron chi connectivity index (χ4n) is 0.421. The van der Waals surface area contributed by atoms with Crippen molar-refractivity contribution in [3.05, 3.63) is 12.0 Å². The molecule has 2 atom stereocenters. The topological polar surface area (TPSA) is 46.5 Å². The molecule has 0 saturated heterocycles. The monoisotopic (exact) mass is 196 g/mol. The molecule has 0 aliphatic carbocycles. The van der Waals surface area contributed by atoms with Gasteiger partial charge in [-0.15, -0.1) is 0 Å². The molecule has 5 heteroatoms. The van der Waals surface area contributed by atoms with Gasteiger partial charge in [-0.25, -0.2) is 4.57 Å². The summed E-state index contributed by atoms with van der Waals surface area (Å²) in [4.78, 5) is 9.04. The second-order valence-electron chi connectivity index (χ2n) is 2.06. The molecular weight excluding hydrogens is 183 g/mol. The molecule has 0 amide bonds. The standard InChI is InChI=1S/C6H13O3PS/c1-4-6(3)9-10(7,8)11-5-2/h5-6H,2,4H2,1,3H3,(H,7,8). The summed E-state index contributed by atoms with van der Waals surface area (Å²) < 4.78 is 15.8. The van der Waals surface area contributed by atoms with Gasteiger partial charge in [-0.1, -0.05) is 13.5 Å². The Morgan fingerprint density at radius 3 is 2.82 bits per heavy atom. The molecule has 0 aliphatic rings. The molecule has 0 rings (SSSR count). The third kappa shape index (κ3) is 5.50. The highest BCUT2D eigenvalue weighted by Crippen LogP contribution is 2.57. The predicted molar refractivity (Wildman–Crippen MR) is 48.5 cm³/mol. The summed E-state index contributed by atoms with van der Waals surface area (Å²) in [5.74, 6) is 0. The van der Waals surface area contributed by atoms with Gasteiger partial charge in [-0.05, 0) is 30.1 Å². The Balaban J connectivity index is 3.90. The maximum atomic E-state index is 11.0. The average molecular weight is 196 g/mol. The minimum Gasteiger partial charge on any atom is -0.316 e. The summed E-state index contributed by atoms with van der Waals surface area (Å²) in [5.41, 5.74) is 0. The third-order valence-corrected chi connectivity index (χ3v) is 3.64. The van der Waals surface area contributed by atoms with Crippen LogP contribution in [0, 0.1) is 0 Å². The Bertz CT molecular complexity index is 171.